The Labute approximate surface area is 106 Å². The summed E-state index contributed by atoms with van der Waals surface area (Å²) in [5.41, 5.74) is 7.38. The largest absolute Gasteiger partial charge is 0.453 e. The molecule has 2 aromatic rings. The molecular formula is C15H17NO2. The molecule has 1 saturated carbocycles. The Kier molecular flexibility index (Phi) is 2.52. The Morgan fingerprint density at radius 3 is 2.72 bits per heavy atom. The lowest BCUT2D eigenvalue weighted by Crippen LogP contribution is -2.45. The van der Waals surface area contributed by atoms with Crippen molar-refractivity contribution < 1.29 is 9.21 Å². The van der Waals surface area contributed by atoms with Crippen LogP contribution in [-0.2, 0) is 0 Å². The average molecular weight is 243 g/mol. The molecule has 1 fully saturated rings. The number of carbonyl (C=O) groups excluding carboxylic acids is 1. The fraction of sp³-hybridized carbons (Fsp3) is 0.400. The average Bonchev–Trinajstić information content (AvgIpc) is 2.94. The quantitative estimate of drug-likeness (QED) is 0.824. The molecule has 0 bridgehead atoms. The zero-order valence-electron chi connectivity index (χ0n) is 10.5. The molecule has 0 radical (unpaired) electrons. The molecule has 1 heterocycles. The number of hydrogen-bond donors (Lipinski definition) is 1. The van der Waals surface area contributed by atoms with E-state index in [0.29, 0.717) is 5.76 Å². The van der Waals surface area contributed by atoms with E-state index < -0.39 is 5.54 Å². The number of aryl methyl sites for hydroxylation is 1. The fourth-order valence-electron chi connectivity index (χ4n) is 2.75. The van der Waals surface area contributed by atoms with Gasteiger partial charge in [0.15, 0.2) is 5.76 Å². The molecule has 1 aliphatic carbocycles. The van der Waals surface area contributed by atoms with Gasteiger partial charge in [-0.2, -0.15) is 0 Å². The zero-order valence-corrected chi connectivity index (χ0v) is 10.5. The summed E-state index contributed by atoms with van der Waals surface area (Å²) in [5.74, 6) is 0.355. The van der Waals surface area contributed by atoms with Crippen LogP contribution in [0.2, 0.25) is 0 Å². The van der Waals surface area contributed by atoms with Crippen molar-refractivity contribution >= 4 is 16.8 Å². The Bertz CT molecular complexity index is 606. The Hall–Kier alpha value is -1.61. The first-order chi connectivity index (χ1) is 8.58. The van der Waals surface area contributed by atoms with Gasteiger partial charge in [-0.05, 0) is 38.0 Å². The third-order valence-corrected chi connectivity index (χ3v) is 3.84. The van der Waals surface area contributed by atoms with Crippen molar-refractivity contribution in [1.29, 1.82) is 0 Å². The first kappa shape index (κ1) is 11.5. The molecule has 0 aliphatic heterocycles. The van der Waals surface area contributed by atoms with Gasteiger partial charge in [0.1, 0.15) is 5.58 Å². The maximum absolute atomic E-state index is 12.4. The fourth-order valence-corrected chi connectivity index (χ4v) is 2.75. The van der Waals surface area contributed by atoms with E-state index in [0.717, 1.165) is 42.2 Å². The molecule has 1 aromatic heterocycles. The number of carbonyl (C=O) groups is 1. The maximum Gasteiger partial charge on any atom is 0.217 e. The van der Waals surface area contributed by atoms with E-state index in [-0.39, 0.29) is 5.78 Å². The maximum atomic E-state index is 12.4. The lowest BCUT2D eigenvalue weighted by atomic mass is 9.92. The molecule has 0 atom stereocenters. The molecule has 94 valence electrons. The van der Waals surface area contributed by atoms with Crippen molar-refractivity contribution in [1.82, 2.24) is 0 Å². The second-order valence-electron chi connectivity index (χ2n) is 5.34. The molecule has 0 saturated heterocycles. The Balaban J connectivity index is 2.01. The van der Waals surface area contributed by atoms with Crippen molar-refractivity contribution in [3.63, 3.8) is 0 Å². The van der Waals surface area contributed by atoms with Gasteiger partial charge in [-0.25, -0.2) is 0 Å². The minimum Gasteiger partial charge on any atom is -0.453 e. The first-order valence-electron chi connectivity index (χ1n) is 6.42. The van der Waals surface area contributed by atoms with Crippen LogP contribution in [-0.4, -0.2) is 11.3 Å². The van der Waals surface area contributed by atoms with Crippen LogP contribution < -0.4 is 5.73 Å². The summed E-state index contributed by atoms with van der Waals surface area (Å²) in [5, 5.41) is 0.972. The molecule has 1 aliphatic rings. The molecule has 18 heavy (non-hydrogen) atoms. The first-order valence-corrected chi connectivity index (χ1v) is 6.42. The van der Waals surface area contributed by atoms with Gasteiger partial charge in [0.25, 0.3) is 0 Å². The predicted molar refractivity (Wildman–Crippen MR) is 70.7 cm³/mol. The molecule has 0 amide bonds. The summed E-state index contributed by atoms with van der Waals surface area (Å²) < 4.78 is 5.63. The standard InChI is InChI=1S/C15H17NO2/c1-10-4-5-12-11(8-10)9-13(18-12)14(17)15(16)6-2-3-7-15/h4-5,8-9H,2-3,6-7,16H2,1H3. The van der Waals surface area contributed by atoms with E-state index in [1.807, 2.05) is 31.2 Å². The SMILES string of the molecule is Cc1ccc2oc(C(=O)C3(N)CCCC3)cc2c1. The second-order valence-corrected chi connectivity index (χ2v) is 5.34. The van der Waals surface area contributed by atoms with Crippen molar-refractivity contribution in [3.05, 3.63) is 35.6 Å². The van der Waals surface area contributed by atoms with Crippen molar-refractivity contribution in [2.24, 2.45) is 5.73 Å². The predicted octanol–water partition coefficient (Wildman–Crippen LogP) is 3.20. The highest BCUT2D eigenvalue weighted by molar-refractivity contribution is 6.03. The van der Waals surface area contributed by atoms with Gasteiger partial charge in [0, 0.05) is 5.39 Å². The summed E-state index contributed by atoms with van der Waals surface area (Å²) in [6.45, 7) is 2.02. The molecule has 3 rings (SSSR count). The monoisotopic (exact) mass is 243 g/mol. The van der Waals surface area contributed by atoms with Crippen LogP contribution in [0.5, 0.6) is 0 Å². The molecule has 2 N–H and O–H groups in total. The summed E-state index contributed by atoms with van der Waals surface area (Å²) in [6, 6.07) is 7.72. The number of furan rings is 1. The molecule has 3 nitrogen and oxygen atoms in total. The summed E-state index contributed by atoms with van der Waals surface area (Å²) in [7, 11) is 0. The third kappa shape index (κ3) is 1.75. The highest BCUT2D eigenvalue weighted by Gasteiger charge is 2.39. The minimum atomic E-state index is -0.705. The summed E-state index contributed by atoms with van der Waals surface area (Å²) >= 11 is 0. The van der Waals surface area contributed by atoms with E-state index in [4.69, 9.17) is 10.2 Å². The van der Waals surface area contributed by atoms with E-state index in [9.17, 15) is 4.79 Å². The van der Waals surface area contributed by atoms with Crippen LogP contribution in [0.15, 0.2) is 28.7 Å². The number of fused-ring (bicyclic) bond motifs is 1. The number of benzene rings is 1. The van der Waals surface area contributed by atoms with Crippen LogP contribution >= 0.6 is 0 Å². The highest BCUT2D eigenvalue weighted by atomic mass is 16.3. The van der Waals surface area contributed by atoms with Gasteiger partial charge in [-0.1, -0.05) is 24.5 Å². The van der Waals surface area contributed by atoms with E-state index in [2.05, 4.69) is 0 Å². The molecule has 0 unspecified atom stereocenters. The smallest absolute Gasteiger partial charge is 0.217 e. The van der Waals surface area contributed by atoms with Gasteiger partial charge >= 0.3 is 0 Å². The zero-order chi connectivity index (χ0) is 12.8. The lowest BCUT2D eigenvalue weighted by Gasteiger charge is -2.19. The number of Topliss-reactive ketones (excluding diaryl/α,β-unsaturated/α-hetero) is 1. The van der Waals surface area contributed by atoms with Gasteiger partial charge in [0.05, 0.1) is 5.54 Å². The number of rotatable bonds is 2. The van der Waals surface area contributed by atoms with Crippen molar-refractivity contribution in [3.8, 4) is 0 Å². The number of ketones is 1. The lowest BCUT2D eigenvalue weighted by molar-refractivity contribution is 0.0865. The number of hydrogen-bond acceptors (Lipinski definition) is 3. The van der Waals surface area contributed by atoms with Crippen LogP contribution in [0, 0.1) is 6.92 Å². The molecule has 0 spiro atoms. The molecular weight excluding hydrogens is 226 g/mol. The summed E-state index contributed by atoms with van der Waals surface area (Å²) in [6.07, 6.45) is 3.59. The highest BCUT2D eigenvalue weighted by Crippen LogP contribution is 2.32. The van der Waals surface area contributed by atoms with Crippen LogP contribution in [0.3, 0.4) is 0 Å². The molecule has 3 heteroatoms. The number of nitrogens with two attached hydrogens (primary N) is 1. The van der Waals surface area contributed by atoms with Gasteiger partial charge < -0.3 is 10.2 Å². The van der Waals surface area contributed by atoms with Gasteiger partial charge in [-0.3, -0.25) is 4.79 Å². The van der Waals surface area contributed by atoms with Crippen molar-refractivity contribution in [2.45, 2.75) is 38.1 Å². The normalized spacial score (nSPS) is 18.3. The van der Waals surface area contributed by atoms with Gasteiger partial charge in [0.2, 0.25) is 5.78 Å². The Morgan fingerprint density at radius 2 is 2.00 bits per heavy atom. The molecule has 1 aromatic carbocycles. The van der Waals surface area contributed by atoms with Crippen molar-refractivity contribution in [2.75, 3.05) is 0 Å². The minimum absolute atomic E-state index is 0.0474. The van der Waals surface area contributed by atoms with Gasteiger partial charge in [-0.15, -0.1) is 0 Å². The van der Waals surface area contributed by atoms with E-state index in [1.165, 1.54) is 0 Å². The Morgan fingerprint density at radius 1 is 1.28 bits per heavy atom. The third-order valence-electron chi connectivity index (χ3n) is 3.84. The van der Waals surface area contributed by atoms with Crippen LogP contribution in [0.1, 0.15) is 41.8 Å². The van der Waals surface area contributed by atoms with E-state index >= 15 is 0 Å². The van der Waals surface area contributed by atoms with Crippen LogP contribution in [0.4, 0.5) is 0 Å². The second kappa shape index (κ2) is 3.95. The van der Waals surface area contributed by atoms with E-state index in [1.54, 1.807) is 0 Å². The van der Waals surface area contributed by atoms with Crippen LogP contribution in [0.25, 0.3) is 11.0 Å². The topological polar surface area (TPSA) is 56.2 Å². The summed E-state index contributed by atoms with van der Waals surface area (Å²) in [4.78, 5) is 12.4.